The van der Waals surface area contributed by atoms with E-state index < -0.39 is 0 Å². The third-order valence-electron chi connectivity index (χ3n) is 1.42. The molecule has 2 rings (SSSR count). The fourth-order valence-electron chi connectivity index (χ4n) is 0.941. The second-order valence-electron chi connectivity index (χ2n) is 2.03. The molecule has 0 bridgehead atoms. The maximum absolute atomic E-state index is 3.20. The number of hydrogen-bond donors (Lipinski definition) is 1. The fourth-order valence-corrected chi connectivity index (χ4v) is 1.74. The Bertz CT molecular complexity index is 208. The third-order valence-corrected chi connectivity index (χ3v) is 2.32. The smallest absolute Gasteiger partial charge is 1.00 e. The average Bonchev–Trinajstić information content (AvgIpc) is 2.33. The fraction of sp³-hybridized carbons (Fsp3) is 0.143. The molecule has 0 fully saturated rings. The molecule has 10 heavy (non-hydrogen) atoms. The van der Waals surface area contributed by atoms with Gasteiger partial charge < -0.3 is 1.43 Å². The van der Waals surface area contributed by atoms with Gasteiger partial charge in [0.05, 0.1) is 0 Å². The first kappa shape index (κ1) is 8.62. The van der Waals surface area contributed by atoms with Crippen LogP contribution < -0.4 is 34.3 Å². The quantitative estimate of drug-likeness (QED) is 0.383. The zero-order chi connectivity index (χ0) is 6.10. The molecule has 0 saturated carbocycles. The van der Waals surface area contributed by atoms with E-state index in [9.17, 15) is 0 Å². The van der Waals surface area contributed by atoms with Gasteiger partial charge in [0.25, 0.3) is 0 Å². The van der Waals surface area contributed by atoms with E-state index in [1.807, 2.05) is 0 Å². The maximum Gasteiger partial charge on any atom is 1.00 e. The van der Waals surface area contributed by atoms with Crippen LogP contribution in [0.3, 0.4) is 0 Å². The molecule has 0 unspecified atom stereocenters. The Kier molecular flexibility index (Phi) is 3.27. The topological polar surface area (TPSA) is 12.0 Å². The summed E-state index contributed by atoms with van der Waals surface area (Å²) in [6.07, 6.45) is 0. The van der Waals surface area contributed by atoms with Crippen molar-refractivity contribution in [3.8, 4) is 0 Å². The van der Waals surface area contributed by atoms with E-state index in [0.717, 1.165) is 6.54 Å². The molecule has 0 aliphatic carbocycles. The monoisotopic (exact) mass is 161 g/mol. The van der Waals surface area contributed by atoms with Crippen LogP contribution in [0.5, 0.6) is 0 Å². The summed E-state index contributed by atoms with van der Waals surface area (Å²) in [6.45, 7) is 1.01. The van der Waals surface area contributed by atoms with Crippen LogP contribution in [0.15, 0.2) is 29.2 Å². The Balaban J connectivity index is 0.000000500. The standard InChI is InChI=1S/C7H7NS.Na.H/c1-2-4-7-6(3-1)5-8-9-7;;/h1-4,8H,5H2;;/q;+1;-1. The van der Waals surface area contributed by atoms with Gasteiger partial charge in [-0.25, -0.2) is 0 Å². The van der Waals surface area contributed by atoms with Crippen LogP contribution in [0.2, 0.25) is 0 Å². The molecular weight excluding hydrogens is 153 g/mol. The molecule has 0 radical (unpaired) electrons. The molecule has 1 aromatic rings. The summed E-state index contributed by atoms with van der Waals surface area (Å²) in [6, 6.07) is 8.44. The number of nitrogens with one attached hydrogen (secondary N) is 1. The molecule has 1 nitrogen and oxygen atoms in total. The number of hydrogen-bond acceptors (Lipinski definition) is 2. The van der Waals surface area contributed by atoms with Crippen molar-refractivity contribution in [3.05, 3.63) is 29.8 Å². The summed E-state index contributed by atoms with van der Waals surface area (Å²) in [5.74, 6) is 0. The van der Waals surface area contributed by atoms with Crippen LogP contribution in [-0.2, 0) is 6.54 Å². The Labute approximate surface area is 88.5 Å². The van der Waals surface area contributed by atoms with Crippen LogP contribution in [-0.4, -0.2) is 0 Å². The van der Waals surface area contributed by atoms with Crippen LogP contribution in [0, 0.1) is 0 Å². The van der Waals surface area contributed by atoms with E-state index in [2.05, 4.69) is 29.0 Å². The van der Waals surface area contributed by atoms with Crippen molar-refractivity contribution >= 4 is 11.9 Å². The zero-order valence-corrected chi connectivity index (χ0v) is 8.74. The zero-order valence-electron chi connectivity index (χ0n) is 6.92. The number of fused-ring (bicyclic) bond motifs is 1. The van der Waals surface area contributed by atoms with Crippen molar-refractivity contribution in [2.75, 3.05) is 0 Å². The Morgan fingerprint density at radius 1 is 1.40 bits per heavy atom. The van der Waals surface area contributed by atoms with Gasteiger partial charge in [0.15, 0.2) is 0 Å². The van der Waals surface area contributed by atoms with Crippen molar-refractivity contribution in [2.24, 2.45) is 0 Å². The molecule has 48 valence electrons. The number of rotatable bonds is 0. The normalized spacial score (nSPS) is 14.0. The molecule has 1 aromatic carbocycles. The minimum absolute atomic E-state index is 0. The van der Waals surface area contributed by atoms with Gasteiger partial charge >= 0.3 is 29.6 Å². The second kappa shape index (κ2) is 3.79. The van der Waals surface area contributed by atoms with Gasteiger partial charge in [-0.3, -0.25) is 4.72 Å². The Morgan fingerprint density at radius 3 is 3.00 bits per heavy atom. The molecule has 0 aromatic heterocycles. The number of benzene rings is 1. The first-order chi connectivity index (χ1) is 4.47. The van der Waals surface area contributed by atoms with Gasteiger partial charge in [-0.05, 0) is 23.6 Å². The molecule has 0 atom stereocenters. The van der Waals surface area contributed by atoms with Crippen LogP contribution in [0.4, 0.5) is 0 Å². The van der Waals surface area contributed by atoms with Crippen molar-refractivity contribution in [1.29, 1.82) is 0 Å². The Morgan fingerprint density at radius 2 is 2.20 bits per heavy atom. The van der Waals surface area contributed by atoms with Gasteiger partial charge in [-0.1, -0.05) is 18.2 Å². The molecule has 1 aliphatic rings. The summed E-state index contributed by atoms with van der Waals surface area (Å²) in [4.78, 5) is 1.37. The molecule has 0 saturated heterocycles. The van der Waals surface area contributed by atoms with Gasteiger partial charge in [0.2, 0.25) is 0 Å². The first-order valence-electron chi connectivity index (χ1n) is 2.94. The molecular formula is C7H8NNaS. The summed E-state index contributed by atoms with van der Waals surface area (Å²) in [5, 5.41) is 0. The second-order valence-corrected chi connectivity index (χ2v) is 2.96. The van der Waals surface area contributed by atoms with Gasteiger partial charge in [0, 0.05) is 11.4 Å². The van der Waals surface area contributed by atoms with E-state index in [-0.39, 0.29) is 31.0 Å². The van der Waals surface area contributed by atoms with Gasteiger partial charge in [-0.2, -0.15) is 0 Å². The van der Waals surface area contributed by atoms with Crippen molar-refractivity contribution in [3.63, 3.8) is 0 Å². The van der Waals surface area contributed by atoms with Gasteiger partial charge in [-0.15, -0.1) is 0 Å². The minimum Gasteiger partial charge on any atom is -1.00 e. The van der Waals surface area contributed by atoms with E-state index >= 15 is 0 Å². The van der Waals surface area contributed by atoms with Crippen molar-refractivity contribution < 1.29 is 31.0 Å². The van der Waals surface area contributed by atoms with E-state index in [1.165, 1.54) is 10.5 Å². The first-order valence-corrected chi connectivity index (χ1v) is 3.76. The average molecular weight is 161 g/mol. The predicted molar refractivity (Wildman–Crippen MR) is 40.3 cm³/mol. The van der Waals surface area contributed by atoms with Crippen LogP contribution >= 0.6 is 11.9 Å². The molecule has 3 heteroatoms. The molecule has 0 amide bonds. The largest absolute Gasteiger partial charge is 1.00 e. The molecule has 1 N–H and O–H groups in total. The third kappa shape index (κ3) is 1.57. The SMILES string of the molecule is [H-].[Na+].c1ccc2c(c1)CNS2. The predicted octanol–water partition coefficient (Wildman–Crippen LogP) is -1.09. The molecule has 1 heterocycles. The van der Waals surface area contributed by atoms with E-state index in [4.69, 9.17) is 0 Å². The van der Waals surface area contributed by atoms with Crippen molar-refractivity contribution in [1.82, 2.24) is 4.72 Å². The molecule has 0 spiro atoms. The summed E-state index contributed by atoms with van der Waals surface area (Å²) >= 11 is 1.72. The maximum atomic E-state index is 3.20. The summed E-state index contributed by atoms with van der Waals surface area (Å²) in [7, 11) is 0. The van der Waals surface area contributed by atoms with Gasteiger partial charge in [0.1, 0.15) is 0 Å². The Hall–Kier alpha value is 0.530. The minimum atomic E-state index is 0. The molecule has 1 aliphatic heterocycles. The van der Waals surface area contributed by atoms with E-state index in [0.29, 0.717) is 0 Å². The summed E-state index contributed by atoms with van der Waals surface area (Å²) < 4.78 is 3.20. The van der Waals surface area contributed by atoms with Crippen LogP contribution in [0.1, 0.15) is 6.99 Å². The van der Waals surface area contributed by atoms with Crippen LogP contribution in [0.25, 0.3) is 0 Å². The summed E-state index contributed by atoms with van der Waals surface area (Å²) in [5.41, 5.74) is 1.42. The van der Waals surface area contributed by atoms with E-state index in [1.54, 1.807) is 11.9 Å². The van der Waals surface area contributed by atoms with Crippen molar-refractivity contribution in [2.45, 2.75) is 11.4 Å².